The molecule has 0 unspecified atom stereocenters. The molecule has 0 spiro atoms. The lowest BCUT2D eigenvalue weighted by molar-refractivity contribution is -0.121. The van der Waals surface area contributed by atoms with Crippen molar-refractivity contribution in [2.75, 3.05) is 5.32 Å². The molecule has 2 saturated carbocycles. The van der Waals surface area contributed by atoms with Gasteiger partial charge in [0.25, 0.3) is 0 Å². The summed E-state index contributed by atoms with van der Waals surface area (Å²) < 4.78 is 0. The summed E-state index contributed by atoms with van der Waals surface area (Å²) in [6.45, 7) is 2.00. The fraction of sp³-hybridized carbons (Fsp3) is 0.667. The van der Waals surface area contributed by atoms with Crippen molar-refractivity contribution < 1.29 is 4.79 Å². The highest BCUT2D eigenvalue weighted by Gasteiger charge is 2.43. The van der Waals surface area contributed by atoms with Crippen molar-refractivity contribution in [3.05, 3.63) is 11.1 Å². The Balaban J connectivity index is 1.65. The Kier molecular flexibility index (Phi) is 2.46. The molecule has 0 radical (unpaired) electrons. The van der Waals surface area contributed by atoms with Gasteiger partial charge in [0.1, 0.15) is 0 Å². The van der Waals surface area contributed by atoms with Gasteiger partial charge in [-0.2, -0.15) is 0 Å². The minimum absolute atomic E-state index is 0.196. The van der Waals surface area contributed by atoms with E-state index < -0.39 is 0 Å². The number of aromatic nitrogens is 1. The number of rotatable bonds is 2. The molecular formula is C12H16N2OS. The lowest BCUT2D eigenvalue weighted by Gasteiger charge is -2.19. The van der Waals surface area contributed by atoms with Gasteiger partial charge in [-0.15, -0.1) is 11.3 Å². The number of anilines is 1. The van der Waals surface area contributed by atoms with Gasteiger partial charge in [-0.25, -0.2) is 4.98 Å². The summed E-state index contributed by atoms with van der Waals surface area (Å²) in [5.41, 5.74) is 0. The number of aryl methyl sites for hydroxylation is 1. The maximum atomic E-state index is 12.1. The van der Waals surface area contributed by atoms with Crippen LogP contribution in [0.15, 0.2) is 6.20 Å². The van der Waals surface area contributed by atoms with E-state index in [-0.39, 0.29) is 11.8 Å². The molecule has 86 valence electrons. The van der Waals surface area contributed by atoms with Crippen LogP contribution in [0, 0.1) is 24.7 Å². The standard InChI is InChI=1S/C12H16N2OS/c1-7-6-13-12(16-7)14-11(15)10-5-8-2-3-9(10)4-8/h6,8-10H,2-5H2,1H3,(H,13,14,15)/t8-,9-,10-/m0/s1. The summed E-state index contributed by atoms with van der Waals surface area (Å²) in [6.07, 6.45) is 6.77. The molecule has 3 atom stereocenters. The molecular weight excluding hydrogens is 220 g/mol. The molecule has 4 heteroatoms. The smallest absolute Gasteiger partial charge is 0.229 e. The second kappa shape index (κ2) is 3.84. The molecule has 1 aromatic rings. The zero-order valence-corrected chi connectivity index (χ0v) is 10.2. The normalized spacial score (nSPS) is 31.9. The van der Waals surface area contributed by atoms with E-state index in [0.29, 0.717) is 5.92 Å². The Morgan fingerprint density at radius 1 is 1.50 bits per heavy atom. The maximum absolute atomic E-state index is 12.1. The summed E-state index contributed by atoms with van der Waals surface area (Å²) in [6, 6.07) is 0. The first-order chi connectivity index (χ1) is 7.72. The fourth-order valence-electron chi connectivity index (χ4n) is 3.18. The van der Waals surface area contributed by atoms with Crippen molar-refractivity contribution in [2.45, 2.75) is 32.6 Å². The number of carbonyl (C=O) groups excluding carboxylic acids is 1. The average molecular weight is 236 g/mol. The fourth-order valence-corrected chi connectivity index (χ4v) is 3.84. The van der Waals surface area contributed by atoms with Gasteiger partial charge in [0.05, 0.1) is 0 Å². The van der Waals surface area contributed by atoms with Crippen molar-refractivity contribution in [2.24, 2.45) is 17.8 Å². The first-order valence-electron chi connectivity index (χ1n) is 5.95. The zero-order valence-electron chi connectivity index (χ0n) is 9.40. The van der Waals surface area contributed by atoms with Crippen molar-refractivity contribution in [1.82, 2.24) is 4.98 Å². The van der Waals surface area contributed by atoms with Crippen molar-refractivity contribution in [1.29, 1.82) is 0 Å². The molecule has 0 saturated heterocycles. The van der Waals surface area contributed by atoms with Crippen LogP contribution in [0.4, 0.5) is 5.13 Å². The van der Waals surface area contributed by atoms with Crippen molar-refractivity contribution >= 4 is 22.4 Å². The van der Waals surface area contributed by atoms with Gasteiger partial charge >= 0.3 is 0 Å². The van der Waals surface area contributed by atoms with Gasteiger partial charge in [-0.1, -0.05) is 6.42 Å². The first-order valence-corrected chi connectivity index (χ1v) is 6.77. The Labute approximate surface area is 99.3 Å². The van der Waals surface area contributed by atoms with Crippen LogP contribution in [0.2, 0.25) is 0 Å². The lowest BCUT2D eigenvalue weighted by atomic mass is 9.88. The Hall–Kier alpha value is -0.900. The van der Waals surface area contributed by atoms with E-state index in [9.17, 15) is 4.79 Å². The minimum Gasteiger partial charge on any atom is -0.302 e. The number of fused-ring (bicyclic) bond motifs is 2. The molecule has 1 aromatic heterocycles. The number of nitrogens with one attached hydrogen (secondary N) is 1. The van der Waals surface area contributed by atoms with Crippen LogP contribution in [-0.2, 0) is 4.79 Å². The molecule has 0 aliphatic heterocycles. The van der Waals surface area contributed by atoms with Crippen LogP contribution in [0.3, 0.4) is 0 Å². The van der Waals surface area contributed by atoms with E-state index in [1.165, 1.54) is 19.3 Å². The van der Waals surface area contributed by atoms with Gasteiger partial charge in [-0.3, -0.25) is 4.79 Å². The van der Waals surface area contributed by atoms with Crippen LogP contribution in [-0.4, -0.2) is 10.9 Å². The molecule has 2 bridgehead atoms. The van der Waals surface area contributed by atoms with Gasteiger partial charge in [0.15, 0.2) is 5.13 Å². The van der Waals surface area contributed by atoms with Gasteiger partial charge in [0, 0.05) is 17.0 Å². The third-order valence-electron chi connectivity index (χ3n) is 3.93. The third-order valence-corrected chi connectivity index (χ3v) is 4.75. The topological polar surface area (TPSA) is 42.0 Å². The molecule has 2 aliphatic rings. The van der Waals surface area contributed by atoms with Gasteiger partial charge in [-0.05, 0) is 38.0 Å². The van der Waals surface area contributed by atoms with E-state index in [0.717, 1.165) is 22.3 Å². The van der Waals surface area contributed by atoms with Crippen LogP contribution in [0.1, 0.15) is 30.6 Å². The predicted molar refractivity (Wildman–Crippen MR) is 64.4 cm³/mol. The highest BCUT2D eigenvalue weighted by molar-refractivity contribution is 7.15. The third kappa shape index (κ3) is 1.75. The van der Waals surface area contributed by atoms with E-state index >= 15 is 0 Å². The summed E-state index contributed by atoms with van der Waals surface area (Å²) in [7, 11) is 0. The molecule has 3 nitrogen and oxygen atoms in total. The summed E-state index contributed by atoms with van der Waals surface area (Å²) in [4.78, 5) is 17.4. The number of thiazole rings is 1. The number of amides is 1. The molecule has 1 amide bonds. The molecule has 2 aliphatic carbocycles. The maximum Gasteiger partial charge on any atom is 0.229 e. The highest BCUT2D eigenvalue weighted by Crippen LogP contribution is 2.48. The average Bonchev–Trinajstić information content (AvgIpc) is 2.93. The Morgan fingerprint density at radius 2 is 2.38 bits per heavy atom. The number of hydrogen-bond acceptors (Lipinski definition) is 3. The van der Waals surface area contributed by atoms with Crippen molar-refractivity contribution in [3.8, 4) is 0 Å². The Morgan fingerprint density at radius 3 is 2.94 bits per heavy atom. The molecule has 0 aromatic carbocycles. The van der Waals surface area contributed by atoms with Crippen LogP contribution in [0.5, 0.6) is 0 Å². The van der Waals surface area contributed by atoms with Gasteiger partial charge < -0.3 is 5.32 Å². The molecule has 16 heavy (non-hydrogen) atoms. The zero-order chi connectivity index (χ0) is 11.1. The lowest BCUT2D eigenvalue weighted by Crippen LogP contribution is -2.27. The van der Waals surface area contributed by atoms with Crippen LogP contribution >= 0.6 is 11.3 Å². The van der Waals surface area contributed by atoms with Crippen LogP contribution in [0.25, 0.3) is 0 Å². The monoisotopic (exact) mass is 236 g/mol. The molecule has 2 fully saturated rings. The van der Waals surface area contributed by atoms with E-state index in [1.807, 2.05) is 6.92 Å². The second-order valence-corrected chi connectivity index (χ2v) is 6.28. The second-order valence-electron chi connectivity index (χ2n) is 5.05. The molecule has 1 N–H and O–H groups in total. The van der Waals surface area contributed by atoms with E-state index in [2.05, 4.69) is 10.3 Å². The summed E-state index contributed by atoms with van der Waals surface area (Å²) >= 11 is 1.55. The Bertz CT molecular complexity index is 415. The van der Waals surface area contributed by atoms with E-state index in [1.54, 1.807) is 17.5 Å². The summed E-state index contributed by atoms with van der Waals surface area (Å²) in [5.74, 6) is 1.91. The number of nitrogens with zero attached hydrogens (tertiary/aromatic N) is 1. The van der Waals surface area contributed by atoms with E-state index in [4.69, 9.17) is 0 Å². The molecule has 1 heterocycles. The van der Waals surface area contributed by atoms with Crippen LogP contribution < -0.4 is 5.32 Å². The predicted octanol–water partition coefficient (Wildman–Crippen LogP) is 2.83. The SMILES string of the molecule is Cc1cnc(NC(=O)[C@H]2C[C@H]3CC[C@H]2C3)s1. The largest absolute Gasteiger partial charge is 0.302 e. The summed E-state index contributed by atoms with van der Waals surface area (Å²) in [5, 5.41) is 3.71. The quantitative estimate of drug-likeness (QED) is 0.858. The molecule has 3 rings (SSSR count). The number of hydrogen-bond donors (Lipinski definition) is 1. The van der Waals surface area contributed by atoms with Crippen molar-refractivity contribution in [3.63, 3.8) is 0 Å². The minimum atomic E-state index is 0.196. The van der Waals surface area contributed by atoms with Gasteiger partial charge in [0.2, 0.25) is 5.91 Å². The highest BCUT2D eigenvalue weighted by atomic mass is 32.1. The first kappa shape index (κ1) is 10.3. The number of carbonyl (C=O) groups is 1.